The van der Waals surface area contributed by atoms with Gasteiger partial charge in [-0.15, -0.1) is 0 Å². The molecule has 3 heteroatoms. The van der Waals surface area contributed by atoms with Gasteiger partial charge in [0.05, 0.1) is 5.92 Å². The number of hydrogen-bond acceptors (Lipinski definition) is 0. The smallest absolute Gasteiger partial charge is 0.171 e. The lowest BCUT2D eigenvalue weighted by Crippen LogP contribution is -2.39. The first-order valence-electron chi connectivity index (χ1n) is 13.5. The van der Waals surface area contributed by atoms with Gasteiger partial charge in [-0.2, -0.15) is 13.2 Å². The van der Waals surface area contributed by atoms with Crippen molar-refractivity contribution in [3.8, 4) is 0 Å². The number of hydrogen-bond donors (Lipinski definition) is 0. The van der Waals surface area contributed by atoms with Gasteiger partial charge in [0, 0.05) is 0 Å². The highest BCUT2D eigenvalue weighted by atomic mass is 19.4. The average molecular weight is 429 g/mol. The molecule has 176 valence electrons. The first kappa shape index (κ1) is 24.4. The summed E-state index contributed by atoms with van der Waals surface area (Å²) in [7, 11) is 0. The molecule has 6 atom stereocenters. The molecule has 0 amide bonds. The molecule has 0 aliphatic heterocycles. The van der Waals surface area contributed by atoms with Crippen LogP contribution in [0.1, 0.15) is 123 Å². The summed E-state index contributed by atoms with van der Waals surface area (Å²) < 4.78 is 41.7. The van der Waals surface area contributed by atoms with E-state index >= 15 is 0 Å². The monoisotopic (exact) mass is 428 g/mol. The van der Waals surface area contributed by atoms with Crippen LogP contribution in [0.25, 0.3) is 0 Å². The quantitative estimate of drug-likeness (QED) is 0.361. The number of rotatable bonds is 8. The van der Waals surface area contributed by atoms with E-state index in [1.807, 2.05) is 0 Å². The van der Waals surface area contributed by atoms with E-state index in [4.69, 9.17) is 0 Å². The van der Waals surface area contributed by atoms with Gasteiger partial charge in [-0.1, -0.05) is 90.9 Å². The largest absolute Gasteiger partial charge is 0.391 e. The SMILES string of the molecule is CCCCC1CCCC(C2CC(C3CCCC(CCCC)C3)CC(C(F)(F)F)C2)C1. The van der Waals surface area contributed by atoms with Crippen LogP contribution in [0, 0.1) is 41.4 Å². The normalized spacial score (nSPS) is 38.5. The minimum absolute atomic E-state index is 0.329. The molecule has 0 N–H and O–H groups in total. The summed E-state index contributed by atoms with van der Waals surface area (Å²) in [6.45, 7) is 4.50. The van der Waals surface area contributed by atoms with Crippen molar-refractivity contribution in [3.63, 3.8) is 0 Å². The van der Waals surface area contributed by atoms with E-state index in [-0.39, 0.29) is 0 Å². The molecule has 3 saturated carbocycles. The molecule has 0 radical (unpaired) electrons. The fraction of sp³-hybridized carbons (Fsp3) is 1.00. The number of halogens is 3. The molecule has 0 aromatic rings. The fourth-order valence-corrected chi connectivity index (χ4v) is 7.48. The Kier molecular flexibility index (Phi) is 9.44. The van der Waals surface area contributed by atoms with Crippen molar-refractivity contribution in [2.24, 2.45) is 41.4 Å². The van der Waals surface area contributed by atoms with E-state index in [9.17, 15) is 13.2 Å². The third-order valence-electron chi connectivity index (χ3n) is 9.15. The molecule has 6 unspecified atom stereocenters. The molecule has 0 saturated heterocycles. The van der Waals surface area contributed by atoms with Crippen LogP contribution in [0.2, 0.25) is 0 Å². The Labute approximate surface area is 184 Å². The summed E-state index contributed by atoms with van der Waals surface area (Å²) in [5, 5.41) is 0. The molecular weight excluding hydrogens is 381 g/mol. The zero-order valence-electron chi connectivity index (χ0n) is 19.7. The van der Waals surface area contributed by atoms with Gasteiger partial charge in [0.15, 0.2) is 0 Å². The molecule has 0 aromatic heterocycles. The molecule has 0 spiro atoms. The van der Waals surface area contributed by atoms with E-state index in [1.165, 1.54) is 89.9 Å². The minimum Gasteiger partial charge on any atom is -0.171 e. The molecular formula is C27H47F3. The lowest BCUT2D eigenvalue weighted by molar-refractivity contribution is -0.195. The highest BCUT2D eigenvalue weighted by Gasteiger charge is 2.48. The molecule has 0 bridgehead atoms. The van der Waals surface area contributed by atoms with Crippen LogP contribution in [0.15, 0.2) is 0 Å². The third-order valence-corrected chi connectivity index (χ3v) is 9.15. The van der Waals surface area contributed by atoms with Crippen molar-refractivity contribution in [2.75, 3.05) is 0 Å². The average Bonchev–Trinajstić information content (AvgIpc) is 2.75. The summed E-state index contributed by atoms with van der Waals surface area (Å²) in [5.74, 6) is 2.31. The van der Waals surface area contributed by atoms with Crippen LogP contribution in [-0.2, 0) is 0 Å². The van der Waals surface area contributed by atoms with Crippen LogP contribution >= 0.6 is 0 Å². The van der Waals surface area contributed by atoms with E-state index in [0.29, 0.717) is 36.5 Å². The van der Waals surface area contributed by atoms with E-state index < -0.39 is 12.1 Å². The Bertz CT molecular complexity index is 449. The zero-order valence-corrected chi connectivity index (χ0v) is 19.7. The van der Waals surface area contributed by atoms with Gasteiger partial charge in [0.2, 0.25) is 0 Å². The highest BCUT2D eigenvalue weighted by Crippen LogP contribution is 2.52. The summed E-state index contributed by atoms with van der Waals surface area (Å²) in [6, 6.07) is 0. The van der Waals surface area contributed by atoms with Crippen LogP contribution in [0.5, 0.6) is 0 Å². The van der Waals surface area contributed by atoms with Gasteiger partial charge in [-0.25, -0.2) is 0 Å². The van der Waals surface area contributed by atoms with Gasteiger partial charge in [0.25, 0.3) is 0 Å². The molecule has 0 aromatic carbocycles. The molecule has 30 heavy (non-hydrogen) atoms. The fourth-order valence-electron chi connectivity index (χ4n) is 7.48. The summed E-state index contributed by atoms with van der Waals surface area (Å²) in [5.41, 5.74) is 0. The van der Waals surface area contributed by atoms with E-state index in [2.05, 4.69) is 13.8 Å². The Morgan fingerprint density at radius 3 is 1.47 bits per heavy atom. The second-order valence-corrected chi connectivity index (χ2v) is 11.3. The van der Waals surface area contributed by atoms with Crippen molar-refractivity contribution in [3.05, 3.63) is 0 Å². The van der Waals surface area contributed by atoms with E-state index in [0.717, 1.165) is 18.3 Å². The van der Waals surface area contributed by atoms with Crippen molar-refractivity contribution in [1.82, 2.24) is 0 Å². The van der Waals surface area contributed by atoms with Gasteiger partial charge < -0.3 is 0 Å². The second kappa shape index (κ2) is 11.6. The zero-order chi connectivity index (χ0) is 21.6. The highest BCUT2D eigenvalue weighted by molar-refractivity contribution is 4.91. The van der Waals surface area contributed by atoms with Gasteiger partial charge in [-0.05, 0) is 67.6 Å². The van der Waals surface area contributed by atoms with Gasteiger partial charge in [-0.3, -0.25) is 0 Å². The topological polar surface area (TPSA) is 0 Å². The van der Waals surface area contributed by atoms with Crippen molar-refractivity contribution >= 4 is 0 Å². The first-order valence-corrected chi connectivity index (χ1v) is 13.5. The molecule has 3 fully saturated rings. The molecule has 3 aliphatic carbocycles. The van der Waals surface area contributed by atoms with Gasteiger partial charge in [0.1, 0.15) is 0 Å². The predicted octanol–water partition coefficient (Wildman–Crippen LogP) is 9.57. The first-order chi connectivity index (χ1) is 14.4. The molecule has 3 aliphatic rings. The Morgan fingerprint density at radius 1 is 0.600 bits per heavy atom. The van der Waals surface area contributed by atoms with Crippen molar-refractivity contribution in [1.29, 1.82) is 0 Å². The Balaban J connectivity index is 1.65. The number of unbranched alkanes of at least 4 members (excludes halogenated alkanes) is 2. The maximum Gasteiger partial charge on any atom is 0.391 e. The van der Waals surface area contributed by atoms with E-state index in [1.54, 1.807) is 0 Å². The summed E-state index contributed by atoms with van der Waals surface area (Å²) in [6.07, 6.45) is 15.6. The Morgan fingerprint density at radius 2 is 1.07 bits per heavy atom. The Hall–Kier alpha value is -0.210. The molecule has 0 nitrogen and oxygen atoms in total. The summed E-state index contributed by atoms with van der Waals surface area (Å²) >= 11 is 0. The number of alkyl halides is 3. The van der Waals surface area contributed by atoms with Crippen LogP contribution in [0.3, 0.4) is 0 Å². The van der Waals surface area contributed by atoms with Crippen molar-refractivity contribution < 1.29 is 13.2 Å². The van der Waals surface area contributed by atoms with Crippen LogP contribution in [0.4, 0.5) is 13.2 Å². The molecule has 0 heterocycles. The lowest BCUT2D eigenvalue weighted by Gasteiger charge is -2.45. The predicted molar refractivity (Wildman–Crippen MR) is 120 cm³/mol. The van der Waals surface area contributed by atoms with Crippen LogP contribution < -0.4 is 0 Å². The molecule has 3 rings (SSSR count). The maximum atomic E-state index is 13.9. The van der Waals surface area contributed by atoms with Gasteiger partial charge >= 0.3 is 6.18 Å². The lowest BCUT2D eigenvalue weighted by atomic mass is 9.60. The third kappa shape index (κ3) is 6.89. The van der Waals surface area contributed by atoms with Crippen molar-refractivity contribution in [2.45, 2.75) is 129 Å². The summed E-state index contributed by atoms with van der Waals surface area (Å²) in [4.78, 5) is 0. The maximum absolute atomic E-state index is 13.9. The van der Waals surface area contributed by atoms with Crippen LogP contribution in [-0.4, -0.2) is 6.18 Å². The minimum atomic E-state index is -4.00. The second-order valence-electron chi connectivity index (χ2n) is 11.3. The standard InChI is InChI=1S/C27H47F3/c1-3-5-9-20-11-7-13-22(15-20)24-17-25(19-26(18-24)27(28,29)30)23-14-8-12-21(16-23)10-6-4-2/h20-26H,3-19H2,1-2H3.